The van der Waals surface area contributed by atoms with Gasteiger partial charge in [-0.25, -0.2) is 0 Å². The Kier molecular flexibility index (Phi) is 4.17. The minimum atomic E-state index is -1.14. The van der Waals surface area contributed by atoms with E-state index in [0.717, 1.165) is 6.07 Å². The molecule has 3 N–H and O–H groups in total. The normalized spacial score (nSPS) is 11.9. The number of aliphatic hydroxyl groups excluding tert-OH is 1. The Morgan fingerprint density at radius 1 is 1.35 bits per heavy atom. The van der Waals surface area contributed by atoms with Crippen LogP contribution < -0.4 is 4.74 Å². The molecule has 0 heterocycles. The zero-order chi connectivity index (χ0) is 13.0. The quantitative estimate of drug-likeness (QED) is 0.531. The number of hydrogen-bond acceptors (Lipinski definition) is 6. The Morgan fingerprint density at radius 2 is 2.00 bits per heavy atom. The molecule has 1 rings (SSSR count). The molecule has 17 heavy (non-hydrogen) atoms. The average molecular weight is 242 g/mol. The summed E-state index contributed by atoms with van der Waals surface area (Å²) in [4.78, 5) is 11.0. The first kappa shape index (κ1) is 13.1. The second-order valence-electron chi connectivity index (χ2n) is 3.39. The lowest BCUT2D eigenvalue weighted by Gasteiger charge is -2.13. The molecule has 94 valence electrons. The third-order valence-electron chi connectivity index (χ3n) is 2.27. The van der Waals surface area contributed by atoms with Crippen LogP contribution in [0.1, 0.15) is 18.1 Å². The number of carbonyl (C=O) groups is 1. The maximum atomic E-state index is 11.0. The molecule has 0 saturated carbocycles. The van der Waals surface area contributed by atoms with Crippen molar-refractivity contribution in [1.82, 2.24) is 0 Å². The van der Waals surface area contributed by atoms with E-state index < -0.39 is 23.6 Å². The average Bonchev–Trinajstić information content (AvgIpc) is 2.32. The number of phenolic OH excluding ortho intramolecular Hbond substituents is 2. The Labute approximate surface area is 98.0 Å². The summed E-state index contributed by atoms with van der Waals surface area (Å²) in [5.41, 5.74) is 0.252. The highest BCUT2D eigenvalue weighted by Crippen LogP contribution is 2.38. The summed E-state index contributed by atoms with van der Waals surface area (Å²) in [6.45, 7) is 0. The zero-order valence-electron chi connectivity index (χ0n) is 9.51. The smallest absolute Gasteiger partial charge is 0.308 e. The molecule has 0 aliphatic carbocycles. The van der Waals surface area contributed by atoms with Crippen molar-refractivity contribution in [1.29, 1.82) is 0 Å². The molecular weight excluding hydrogens is 228 g/mol. The van der Waals surface area contributed by atoms with Gasteiger partial charge in [0.2, 0.25) is 5.75 Å². The highest BCUT2D eigenvalue weighted by Gasteiger charge is 2.17. The predicted molar refractivity (Wildman–Crippen MR) is 57.9 cm³/mol. The maximum absolute atomic E-state index is 11.0. The van der Waals surface area contributed by atoms with Gasteiger partial charge in [-0.1, -0.05) is 0 Å². The van der Waals surface area contributed by atoms with E-state index in [1.165, 1.54) is 20.3 Å². The van der Waals surface area contributed by atoms with Gasteiger partial charge in [0, 0.05) is 0 Å². The van der Waals surface area contributed by atoms with Gasteiger partial charge in [0.15, 0.2) is 11.5 Å². The number of carbonyl (C=O) groups excluding carboxylic acids is 1. The number of esters is 1. The van der Waals surface area contributed by atoms with Crippen molar-refractivity contribution in [3.63, 3.8) is 0 Å². The summed E-state index contributed by atoms with van der Waals surface area (Å²) in [6.07, 6.45) is -1.38. The summed E-state index contributed by atoms with van der Waals surface area (Å²) in [6, 6.07) is 2.49. The molecule has 0 amide bonds. The third kappa shape index (κ3) is 3.01. The highest BCUT2D eigenvalue weighted by atomic mass is 16.5. The molecule has 0 aliphatic heterocycles. The molecule has 6 nitrogen and oxygen atoms in total. The van der Waals surface area contributed by atoms with Crippen LogP contribution in [0.5, 0.6) is 17.2 Å². The Morgan fingerprint density at radius 3 is 2.53 bits per heavy atom. The minimum Gasteiger partial charge on any atom is -0.504 e. The summed E-state index contributed by atoms with van der Waals surface area (Å²) in [7, 11) is 2.52. The lowest BCUT2D eigenvalue weighted by molar-refractivity contribution is -0.142. The molecule has 0 aliphatic rings. The number of hydrogen-bond donors (Lipinski definition) is 3. The predicted octanol–water partition coefficient (Wildman–Crippen LogP) is 0.703. The van der Waals surface area contributed by atoms with Gasteiger partial charge in [-0.15, -0.1) is 0 Å². The first-order chi connectivity index (χ1) is 7.99. The van der Waals surface area contributed by atoms with E-state index in [9.17, 15) is 20.1 Å². The van der Waals surface area contributed by atoms with Gasteiger partial charge in [0.05, 0.1) is 26.7 Å². The number of aliphatic hydroxyl groups is 1. The van der Waals surface area contributed by atoms with Crippen molar-refractivity contribution in [2.24, 2.45) is 0 Å². The van der Waals surface area contributed by atoms with Gasteiger partial charge < -0.3 is 24.8 Å². The van der Waals surface area contributed by atoms with E-state index in [1.807, 2.05) is 0 Å². The van der Waals surface area contributed by atoms with Crippen molar-refractivity contribution in [2.45, 2.75) is 12.5 Å². The molecular formula is C11H14O6. The van der Waals surface area contributed by atoms with Crippen LogP contribution in [0.15, 0.2) is 12.1 Å². The van der Waals surface area contributed by atoms with Crippen LogP contribution in [0, 0.1) is 0 Å². The van der Waals surface area contributed by atoms with Crippen LogP contribution in [-0.4, -0.2) is 35.5 Å². The first-order valence-electron chi connectivity index (χ1n) is 4.84. The second kappa shape index (κ2) is 5.40. The number of ether oxygens (including phenoxy) is 2. The molecule has 0 aromatic heterocycles. The maximum Gasteiger partial charge on any atom is 0.308 e. The molecule has 0 unspecified atom stereocenters. The van der Waals surface area contributed by atoms with Crippen molar-refractivity contribution in [2.75, 3.05) is 14.2 Å². The summed E-state index contributed by atoms with van der Waals surface area (Å²) in [5, 5.41) is 28.5. The molecule has 0 radical (unpaired) electrons. The second-order valence-corrected chi connectivity index (χ2v) is 3.39. The highest BCUT2D eigenvalue weighted by molar-refractivity contribution is 5.70. The zero-order valence-corrected chi connectivity index (χ0v) is 9.51. The molecule has 0 bridgehead atoms. The lowest BCUT2D eigenvalue weighted by Crippen LogP contribution is -2.08. The van der Waals surface area contributed by atoms with Crippen molar-refractivity contribution >= 4 is 5.97 Å². The van der Waals surface area contributed by atoms with Gasteiger partial charge in [0.1, 0.15) is 0 Å². The first-order valence-corrected chi connectivity index (χ1v) is 4.84. The van der Waals surface area contributed by atoms with Crippen LogP contribution >= 0.6 is 0 Å². The molecule has 1 aromatic carbocycles. The fourth-order valence-electron chi connectivity index (χ4n) is 1.32. The van der Waals surface area contributed by atoms with E-state index >= 15 is 0 Å². The monoisotopic (exact) mass is 242 g/mol. The fourth-order valence-corrected chi connectivity index (χ4v) is 1.32. The summed E-state index contributed by atoms with van der Waals surface area (Å²) < 4.78 is 9.22. The molecule has 0 saturated heterocycles. The number of methoxy groups -OCH3 is 2. The number of benzene rings is 1. The van der Waals surface area contributed by atoms with Gasteiger partial charge >= 0.3 is 5.97 Å². The molecule has 1 atom stereocenters. The van der Waals surface area contributed by atoms with E-state index in [0.29, 0.717) is 0 Å². The largest absolute Gasteiger partial charge is 0.504 e. The van der Waals surface area contributed by atoms with E-state index in [2.05, 4.69) is 4.74 Å². The SMILES string of the molecule is COC(=O)C[C@@H](O)c1cc(O)c(O)c(OC)c1. The van der Waals surface area contributed by atoms with Gasteiger partial charge in [-0.2, -0.15) is 0 Å². The number of phenols is 2. The van der Waals surface area contributed by atoms with E-state index in [-0.39, 0.29) is 17.7 Å². The summed E-state index contributed by atoms with van der Waals surface area (Å²) in [5.74, 6) is -1.40. The third-order valence-corrected chi connectivity index (χ3v) is 2.27. The standard InChI is InChI=1S/C11H14O6/c1-16-9-4-6(3-8(13)11(9)15)7(12)5-10(14)17-2/h3-4,7,12-13,15H,5H2,1-2H3/t7-/m1/s1. The fraction of sp³-hybridized carbons (Fsp3) is 0.364. The molecule has 0 fully saturated rings. The number of aromatic hydroxyl groups is 2. The van der Waals surface area contributed by atoms with E-state index in [4.69, 9.17) is 4.74 Å². The topological polar surface area (TPSA) is 96.2 Å². The molecule has 0 spiro atoms. The van der Waals surface area contributed by atoms with Gasteiger partial charge in [-0.3, -0.25) is 4.79 Å². The number of rotatable bonds is 4. The van der Waals surface area contributed by atoms with Crippen LogP contribution in [-0.2, 0) is 9.53 Å². The van der Waals surface area contributed by atoms with Crippen molar-refractivity contribution in [3.05, 3.63) is 17.7 Å². The van der Waals surface area contributed by atoms with Gasteiger partial charge in [-0.05, 0) is 17.7 Å². The van der Waals surface area contributed by atoms with Gasteiger partial charge in [0.25, 0.3) is 0 Å². The van der Waals surface area contributed by atoms with Crippen molar-refractivity contribution < 1.29 is 29.6 Å². The summed E-state index contributed by atoms with van der Waals surface area (Å²) >= 11 is 0. The minimum absolute atomic E-state index is 0.0175. The Hall–Kier alpha value is -1.95. The Bertz CT molecular complexity index is 415. The molecule has 6 heteroatoms. The van der Waals surface area contributed by atoms with Crippen LogP contribution in [0.3, 0.4) is 0 Å². The van der Waals surface area contributed by atoms with Crippen LogP contribution in [0.2, 0.25) is 0 Å². The van der Waals surface area contributed by atoms with Crippen LogP contribution in [0.25, 0.3) is 0 Å². The Balaban J connectivity index is 2.98. The van der Waals surface area contributed by atoms with Crippen molar-refractivity contribution in [3.8, 4) is 17.2 Å². The molecule has 1 aromatic rings. The van der Waals surface area contributed by atoms with E-state index in [1.54, 1.807) is 0 Å². The van der Waals surface area contributed by atoms with Crippen LogP contribution in [0.4, 0.5) is 0 Å². The lowest BCUT2D eigenvalue weighted by atomic mass is 10.1.